The number of carbonyl (C=O) groups excluding carboxylic acids is 1. The number of piperidine rings is 1. The second-order valence-electron chi connectivity index (χ2n) is 6.03. The summed E-state index contributed by atoms with van der Waals surface area (Å²) in [4.78, 5) is 14.4. The molecular formula is C16H20F2N2O. The van der Waals surface area contributed by atoms with Crippen LogP contribution in [0.1, 0.15) is 37.2 Å². The molecule has 114 valence electrons. The summed E-state index contributed by atoms with van der Waals surface area (Å²) in [5, 5.41) is 0. The zero-order valence-corrected chi connectivity index (χ0v) is 11.9. The van der Waals surface area contributed by atoms with Crippen molar-refractivity contribution in [3.8, 4) is 0 Å². The molecular weight excluding hydrogens is 274 g/mol. The summed E-state index contributed by atoms with van der Waals surface area (Å²) in [6.07, 6.45) is 3.63. The Morgan fingerprint density at radius 2 is 2.14 bits per heavy atom. The van der Waals surface area contributed by atoms with Crippen LogP contribution in [0.5, 0.6) is 0 Å². The molecule has 1 aliphatic carbocycles. The van der Waals surface area contributed by atoms with Crippen LogP contribution in [0.4, 0.5) is 8.78 Å². The van der Waals surface area contributed by atoms with Gasteiger partial charge in [0.05, 0.1) is 0 Å². The highest BCUT2D eigenvalue weighted by Crippen LogP contribution is 2.49. The van der Waals surface area contributed by atoms with E-state index in [-0.39, 0.29) is 23.8 Å². The fraction of sp³-hybridized carbons (Fsp3) is 0.562. The number of halogens is 2. The van der Waals surface area contributed by atoms with E-state index in [2.05, 4.69) is 0 Å². The first kappa shape index (κ1) is 14.4. The van der Waals surface area contributed by atoms with Gasteiger partial charge in [0.2, 0.25) is 5.91 Å². The van der Waals surface area contributed by atoms with Gasteiger partial charge < -0.3 is 10.6 Å². The van der Waals surface area contributed by atoms with Crippen LogP contribution in [-0.2, 0) is 4.79 Å². The summed E-state index contributed by atoms with van der Waals surface area (Å²) in [6, 6.07) is 3.55. The van der Waals surface area contributed by atoms with Gasteiger partial charge in [-0.25, -0.2) is 8.78 Å². The maximum atomic E-state index is 13.8. The maximum absolute atomic E-state index is 13.8. The monoisotopic (exact) mass is 294 g/mol. The third-order valence-electron chi connectivity index (χ3n) is 4.65. The van der Waals surface area contributed by atoms with E-state index in [4.69, 9.17) is 5.73 Å². The Hall–Kier alpha value is -1.49. The van der Waals surface area contributed by atoms with Crippen LogP contribution >= 0.6 is 0 Å². The van der Waals surface area contributed by atoms with E-state index in [1.807, 2.05) is 4.90 Å². The topological polar surface area (TPSA) is 46.3 Å². The minimum atomic E-state index is -0.456. The number of hydrogen-bond donors (Lipinski definition) is 1. The second-order valence-corrected chi connectivity index (χ2v) is 6.03. The first-order valence-corrected chi connectivity index (χ1v) is 7.57. The first-order valence-electron chi connectivity index (χ1n) is 7.57. The lowest BCUT2D eigenvalue weighted by Gasteiger charge is -2.35. The second kappa shape index (κ2) is 5.72. The van der Waals surface area contributed by atoms with Crippen molar-refractivity contribution in [1.29, 1.82) is 0 Å². The van der Waals surface area contributed by atoms with E-state index in [1.54, 1.807) is 0 Å². The van der Waals surface area contributed by atoms with E-state index in [0.717, 1.165) is 37.9 Å². The van der Waals surface area contributed by atoms with Crippen LogP contribution in [0.15, 0.2) is 18.2 Å². The SMILES string of the molecule is NC[C@@H]1CCCCN1C(=O)[C@@H]1C[C@@H]1c1cc(F)ccc1F. The highest BCUT2D eigenvalue weighted by molar-refractivity contribution is 5.83. The van der Waals surface area contributed by atoms with Gasteiger partial charge in [0.25, 0.3) is 0 Å². The molecule has 3 nitrogen and oxygen atoms in total. The first-order chi connectivity index (χ1) is 10.1. The minimum Gasteiger partial charge on any atom is -0.338 e. The Morgan fingerprint density at radius 3 is 2.90 bits per heavy atom. The lowest BCUT2D eigenvalue weighted by atomic mass is 10.0. The van der Waals surface area contributed by atoms with Crippen molar-refractivity contribution in [2.45, 2.75) is 37.6 Å². The van der Waals surface area contributed by atoms with E-state index in [0.29, 0.717) is 18.5 Å². The molecule has 5 heteroatoms. The van der Waals surface area contributed by atoms with Crippen LogP contribution in [0.2, 0.25) is 0 Å². The summed E-state index contributed by atoms with van der Waals surface area (Å²) < 4.78 is 27.0. The Kier molecular flexibility index (Phi) is 3.93. The molecule has 2 fully saturated rings. The number of rotatable bonds is 3. The lowest BCUT2D eigenvalue weighted by Crippen LogP contribution is -2.48. The van der Waals surface area contributed by atoms with Gasteiger partial charge in [-0.1, -0.05) is 0 Å². The van der Waals surface area contributed by atoms with Crippen molar-refractivity contribution in [2.75, 3.05) is 13.1 Å². The molecule has 1 heterocycles. The summed E-state index contributed by atoms with van der Waals surface area (Å²) in [6.45, 7) is 1.20. The van der Waals surface area contributed by atoms with Gasteiger partial charge in [-0.2, -0.15) is 0 Å². The molecule has 2 N–H and O–H groups in total. The highest BCUT2D eigenvalue weighted by Gasteiger charge is 2.48. The zero-order chi connectivity index (χ0) is 15.0. The molecule has 0 spiro atoms. The van der Waals surface area contributed by atoms with Gasteiger partial charge in [0, 0.05) is 25.0 Å². The molecule has 0 radical (unpaired) electrons. The standard InChI is InChI=1S/C16H20F2N2O/c17-10-4-5-15(18)13(7-10)12-8-14(12)16(21)20-6-2-1-3-11(20)9-19/h4-5,7,11-12,14H,1-3,6,8-9,19H2/t11-,12+,14+/m0/s1. The van der Waals surface area contributed by atoms with Gasteiger partial charge in [-0.3, -0.25) is 4.79 Å². The van der Waals surface area contributed by atoms with Crippen molar-refractivity contribution in [2.24, 2.45) is 11.7 Å². The summed E-state index contributed by atoms with van der Waals surface area (Å²) in [5.41, 5.74) is 6.07. The van der Waals surface area contributed by atoms with Crippen LogP contribution in [0.25, 0.3) is 0 Å². The fourth-order valence-corrected chi connectivity index (χ4v) is 3.36. The molecule has 2 aliphatic rings. The molecule has 3 rings (SSSR count). The summed E-state index contributed by atoms with van der Waals surface area (Å²) in [7, 11) is 0. The number of amides is 1. The van der Waals surface area contributed by atoms with Gasteiger partial charge in [-0.05, 0) is 55.4 Å². The van der Waals surface area contributed by atoms with Crippen LogP contribution in [0, 0.1) is 17.6 Å². The molecule has 1 aromatic carbocycles. The quantitative estimate of drug-likeness (QED) is 0.930. The van der Waals surface area contributed by atoms with Gasteiger partial charge in [-0.15, -0.1) is 0 Å². The number of nitrogens with two attached hydrogens (primary N) is 1. The van der Waals surface area contributed by atoms with Crippen LogP contribution in [0.3, 0.4) is 0 Å². The van der Waals surface area contributed by atoms with Gasteiger partial charge >= 0.3 is 0 Å². The van der Waals surface area contributed by atoms with E-state index < -0.39 is 11.6 Å². The molecule has 1 amide bonds. The molecule has 21 heavy (non-hydrogen) atoms. The summed E-state index contributed by atoms with van der Waals surface area (Å²) in [5.74, 6) is -1.23. The number of hydrogen-bond acceptors (Lipinski definition) is 2. The molecule has 0 aromatic heterocycles. The predicted molar refractivity (Wildman–Crippen MR) is 75.6 cm³/mol. The molecule has 1 saturated heterocycles. The molecule has 3 atom stereocenters. The highest BCUT2D eigenvalue weighted by atomic mass is 19.1. The zero-order valence-electron chi connectivity index (χ0n) is 11.9. The van der Waals surface area contributed by atoms with E-state index in [1.165, 1.54) is 6.07 Å². The molecule has 1 aromatic rings. The van der Waals surface area contributed by atoms with Crippen molar-refractivity contribution < 1.29 is 13.6 Å². The smallest absolute Gasteiger partial charge is 0.226 e. The number of carbonyl (C=O) groups is 1. The van der Waals surface area contributed by atoms with Crippen LogP contribution in [-0.4, -0.2) is 29.9 Å². The average molecular weight is 294 g/mol. The Labute approximate surface area is 123 Å². The van der Waals surface area contributed by atoms with Gasteiger partial charge in [0.15, 0.2) is 0 Å². The average Bonchev–Trinajstić information content (AvgIpc) is 3.29. The fourth-order valence-electron chi connectivity index (χ4n) is 3.36. The van der Waals surface area contributed by atoms with Crippen LogP contribution < -0.4 is 5.73 Å². The van der Waals surface area contributed by atoms with E-state index in [9.17, 15) is 13.6 Å². The molecule has 0 unspecified atom stereocenters. The normalized spacial score (nSPS) is 28.5. The van der Waals surface area contributed by atoms with Crippen molar-refractivity contribution in [3.05, 3.63) is 35.4 Å². The largest absolute Gasteiger partial charge is 0.338 e. The minimum absolute atomic E-state index is 0.0545. The van der Waals surface area contributed by atoms with Gasteiger partial charge in [0.1, 0.15) is 11.6 Å². The molecule has 0 bridgehead atoms. The van der Waals surface area contributed by atoms with Crippen molar-refractivity contribution >= 4 is 5.91 Å². The Bertz CT molecular complexity index is 549. The number of nitrogens with zero attached hydrogens (tertiary/aromatic N) is 1. The summed E-state index contributed by atoms with van der Waals surface area (Å²) >= 11 is 0. The third-order valence-corrected chi connectivity index (χ3v) is 4.65. The lowest BCUT2D eigenvalue weighted by molar-refractivity contribution is -0.136. The van der Waals surface area contributed by atoms with Crippen molar-refractivity contribution in [1.82, 2.24) is 4.90 Å². The molecule has 1 saturated carbocycles. The Balaban J connectivity index is 1.72. The van der Waals surface area contributed by atoms with E-state index >= 15 is 0 Å². The third kappa shape index (κ3) is 2.79. The number of benzene rings is 1. The molecule has 1 aliphatic heterocycles. The van der Waals surface area contributed by atoms with Crippen molar-refractivity contribution in [3.63, 3.8) is 0 Å². The predicted octanol–water partition coefficient (Wildman–Crippen LogP) is 2.41. The maximum Gasteiger partial charge on any atom is 0.226 e. The number of likely N-dealkylation sites (tertiary alicyclic amines) is 1. The Morgan fingerprint density at radius 1 is 1.33 bits per heavy atom.